The fraction of sp³-hybridized carbons (Fsp3) is 0. The van der Waals surface area contributed by atoms with Gasteiger partial charge in [-0.2, -0.15) is 0 Å². The Balaban J connectivity index is 2.13. The van der Waals surface area contributed by atoms with Crippen molar-refractivity contribution in [3.8, 4) is 0 Å². The first-order chi connectivity index (χ1) is 9.54. The van der Waals surface area contributed by atoms with E-state index in [2.05, 4.69) is 5.32 Å². The average Bonchev–Trinajstić information content (AvgIpc) is 2.69. The van der Waals surface area contributed by atoms with Gasteiger partial charge in [-0.05, 0) is 42.0 Å². The highest BCUT2D eigenvalue weighted by molar-refractivity contribution is 6.38. The van der Waals surface area contributed by atoms with Gasteiger partial charge in [0.05, 0.1) is 0 Å². The lowest BCUT2D eigenvalue weighted by molar-refractivity contribution is -0.110. The first-order valence-electron chi connectivity index (χ1n) is 5.82. The molecule has 100 valence electrons. The van der Waals surface area contributed by atoms with E-state index in [1.807, 2.05) is 0 Å². The summed E-state index contributed by atoms with van der Waals surface area (Å²) in [7, 11) is 0. The fourth-order valence-corrected chi connectivity index (χ4v) is 2.54. The zero-order valence-electron chi connectivity index (χ0n) is 10.1. The molecule has 5 heteroatoms. The van der Waals surface area contributed by atoms with Crippen LogP contribution < -0.4 is 5.32 Å². The Morgan fingerprint density at radius 2 is 1.90 bits per heavy atom. The molecule has 0 aromatic heterocycles. The van der Waals surface area contributed by atoms with Crippen LogP contribution in [0.15, 0.2) is 36.4 Å². The van der Waals surface area contributed by atoms with E-state index in [4.69, 9.17) is 23.2 Å². The zero-order valence-corrected chi connectivity index (χ0v) is 11.6. The third-order valence-electron chi connectivity index (χ3n) is 3.03. The smallest absolute Gasteiger partial charge is 0.256 e. The second-order valence-electron chi connectivity index (χ2n) is 4.37. The molecule has 2 aromatic rings. The van der Waals surface area contributed by atoms with E-state index < -0.39 is 5.82 Å². The Morgan fingerprint density at radius 3 is 2.65 bits per heavy atom. The lowest BCUT2D eigenvalue weighted by atomic mass is 10.0. The topological polar surface area (TPSA) is 29.1 Å². The van der Waals surface area contributed by atoms with Gasteiger partial charge in [0, 0.05) is 26.9 Å². The highest BCUT2D eigenvalue weighted by Gasteiger charge is 2.24. The molecule has 0 saturated heterocycles. The van der Waals surface area contributed by atoms with E-state index in [0.29, 0.717) is 32.4 Å². The molecule has 0 unspecified atom stereocenters. The number of fused-ring (bicyclic) bond motifs is 1. The van der Waals surface area contributed by atoms with Gasteiger partial charge >= 0.3 is 0 Å². The van der Waals surface area contributed by atoms with Gasteiger partial charge in [0.1, 0.15) is 5.82 Å². The first-order valence-corrected chi connectivity index (χ1v) is 6.58. The number of benzene rings is 2. The Bertz CT molecular complexity index is 756. The number of hydrogen-bond donors (Lipinski definition) is 1. The monoisotopic (exact) mass is 307 g/mol. The van der Waals surface area contributed by atoms with E-state index in [-0.39, 0.29) is 5.91 Å². The molecule has 0 bridgehead atoms. The van der Waals surface area contributed by atoms with E-state index in [1.165, 1.54) is 18.2 Å². The molecule has 0 atom stereocenters. The van der Waals surface area contributed by atoms with Crippen LogP contribution in [-0.4, -0.2) is 5.91 Å². The number of anilines is 1. The second kappa shape index (κ2) is 4.93. The van der Waals surface area contributed by atoms with Crippen LogP contribution in [0.4, 0.5) is 10.1 Å². The highest BCUT2D eigenvalue weighted by atomic mass is 35.5. The van der Waals surface area contributed by atoms with Crippen LogP contribution >= 0.6 is 23.2 Å². The van der Waals surface area contributed by atoms with E-state index >= 15 is 0 Å². The molecular formula is C15H8Cl2FNO. The van der Waals surface area contributed by atoms with Crippen LogP contribution in [0, 0.1) is 5.82 Å². The molecule has 1 aliphatic heterocycles. The molecule has 1 heterocycles. The van der Waals surface area contributed by atoms with Gasteiger partial charge < -0.3 is 5.32 Å². The lowest BCUT2D eigenvalue weighted by Gasteiger charge is -2.02. The number of nitrogens with one attached hydrogen (secondary N) is 1. The Labute approximate surface area is 124 Å². The van der Waals surface area contributed by atoms with Crippen LogP contribution in [0.3, 0.4) is 0 Å². The van der Waals surface area contributed by atoms with Gasteiger partial charge in [-0.3, -0.25) is 4.79 Å². The third kappa shape index (κ3) is 2.30. The van der Waals surface area contributed by atoms with Crippen LogP contribution in [0.5, 0.6) is 0 Å². The van der Waals surface area contributed by atoms with E-state index in [9.17, 15) is 9.18 Å². The van der Waals surface area contributed by atoms with Gasteiger partial charge in [0.25, 0.3) is 5.91 Å². The summed E-state index contributed by atoms with van der Waals surface area (Å²) in [6.07, 6.45) is 1.62. The molecule has 2 aromatic carbocycles. The summed E-state index contributed by atoms with van der Waals surface area (Å²) in [6.45, 7) is 0. The summed E-state index contributed by atoms with van der Waals surface area (Å²) < 4.78 is 13.3. The van der Waals surface area contributed by atoms with Crippen molar-refractivity contribution in [3.05, 3.63) is 63.4 Å². The van der Waals surface area contributed by atoms with Crippen molar-refractivity contribution in [2.45, 2.75) is 0 Å². The minimum atomic E-state index is -0.395. The summed E-state index contributed by atoms with van der Waals surface area (Å²) >= 11 is 11.9. The van der Waals surface area contributed by atoms with Crippen LogP contribution in [0.25, 0.3) is 11.6 Å². The van der Waals surface area contributed by atoms with Crippen LogP contribution in [-0.2, 0) is 4.79 Å². The largest absolute Gasteiger partial charge is 0.321 e. The van der Waals surface area contributed by atoms with E-state index in [1.54, 1.807) is 24.3 Å². The van der Waals surface area contributed by atoms with Gasteiger partial charge in [0.15, 0.2) is 0 Å². The normalized spacial score (nSPS) is 15.3. The Hall–Kier alpha value is -1.84. The molecule has 1 aliphatic rings. The second-order valence-corrected chi connectivity index (χ2v) is 5.21. The van der Waals surface area contributed by atoms with Gasteiger partial charge in [-0.1, -0.05) is 29.3 Å². The number of carbonyl (C=O) groups excluding carboxylic acids is 1. The highest BCUT2D eigenvalue weighted by Crippen LogP contribution is 2.34. The average molecular weight is 308 g/mol. The van der Waals surface area contributed by atoms with E-state index in [0.717, 1.165) is 0 Å². The van der Waals surface area contributed by atoms with Crippen molar-refractivity contribution in [2.75, 3.05) is 5.32 Å². The first kappa shape index (κ1) is 13.2. The molecule has 0 fully saturated rings. The van der Waals surface area contributed by atoms with Crippen molar-refractivity contribution in [2.24, 2.45) is 0 Å². The van der Waals surface area contributed by atoms with Crippen molar-refractivity contribution >= 4 is 46.4 Å². The number of amides is 1. The molecule has 20 heavy (non-hydrogen) atoms. The van der Waals surface area contributed by atoms with Gasteiger partial charge in [0.2, 0.25) is 0 Å². The van der Waals surface area contributed by atoms with Crippen molar-refractivity contribution in [1.82, 2.24) is 0 Å². The maximum Gasteiger partial charge on any atom is 0.256 e. The minimum Gasteiger partial charge on any atom is -0.321 e. The van der Waals surface area contributed by atoms with Crippen molar-refractivity contribution in [3.63, 3.8) is 0 Å². The van der Waals surface area contributed by atoms with Crippen LogP contribution in [0.1, 0.15) is 11.1 Å². The minimum absolute atomic E-state index is 0.281. The van der Waals surface area contributed by atoms with Crippen molar-refractivity contribution in [1.29, 1.82) is 0 Å². The summed E-state index contributed by atoms with van der Waals surface area (Å²) in [6, 6.07) is 9.14. The predicted octanol–water partition coefficient (Wildman–Crippen LogP) is 4.63. The van der Waals surface area contributed by atoms with Gasteiger partial charge in [-0.15, -0.1) is 0 Å². The third-order valence-corrected chi connectivity index (χ3v) is 3.59. The molecule has 0 aliphatic carbocycles. The van der Waals surface area contributed by atoms with Crippen LogP contribution in [0.2, 0.25) is 10.0 Å². The summed E-state index contributed by atoms with van der Waals surface area (Å²) in [5.74, 6) is -0.676. The maximum absolute atomic E-state index is 13.3. The number of carbonyl (C=O) groups is 1. The summed E-state index contributed by atoms with van der Waals surface area (Å²) in [4.78, 5) is 12.0. The quantitative estimate of drug-likeness (QED) is 0.765. The molecule has 1 amide bonds. The predicted molar refractivity (Wildman–Crippen MR) is 79.4 cm³/mol. The fourth-order valence-electron chi connectivity index (χ4n) is 2.08. The molecule has 0 saturated carbocycles. The number of hydrogen-bond acceptors (Lipinski definition) is 1. The molecule has 0 radical (unpaired) electrons. The molecular weight excluding hydrogens is 300 g/mol. The Kier molecular flexibility index (Phi) is 3.24. The molecule has 2 nitrogen and oxygen atoms in total. The SMILES string of the molecule is O=C1Nc2ccc(F)cc2/C1=C\c1ccc(Cl)cc1Cl. The molecule has 1 N–H and O–H groups in total. The Morgan fingerprint density at radius 1 is 1.10 bits per heavy atom. The van der Waals surface area contributed by atoms with Gasteiger partial charge in [-0.25, -0.2) is 4.39 Å². The summed E-state index contributed by atoms with van der Waals surface area (Å²) in [5.41, 5.74) is 2.15. The maximum atomic E-state index is 13.3. The summed E-state index contributed by atoms with van der Waals surface area (Å²) in [5, 5.41) is 3.63. The molecule has 3 rings (SSSR count). The van der Waals surface area contributed by atoms with Crippen molar-refractivity contribution < 1.29 is 9.18 Å². The zero-order chi connectivity index (χ0) is 14.3. The standard InChI is InChI=1S/C15H8Cl2FNO/c16-9-2-1-8(13(17)6-9)5-12-11-7-10(18)3-4-14(11)19-15(12)20/h1-7H,(H,19,20)/b12-5+. The molecule has 0 spiro atoms. The number of halogens is 3. The lowest BCUT2D eigenvalue weighted by Crippen LogP contribution is -2.03. The number of rotatable bonds is 1.